The minimum Gasteiger partial charge on any atom is -0.367 e. The van der Waals surface area contributed by atoms with Crippen LogP contribution in [0.2, 0.25) is 0 Å². The first-order valence-corrected chi connectivity index (χ1v) is 13.8. The highest BCUT2D eigenvalue weighted by atomic mass is 32.2. The third-order valence-electron chi connectivity index (χ3n) is 5.98. The Labute approximate surface area is 205 Å². The van der Waals surface area contributed by atoms with Gasteiger partial charge in [-0.3, -0.25) is 4.79 Å². The molecular formula is C25H30N4O3S2. The summed E-state index contributed by atoms with van der Waals surface area (Å²) in [5.74, 6) is -0.269. The van der Waals surface area contributed by atoms with Crippen molar-refractivity contribution in [2.45, 2.75) is 18.2 Å². The number of sulfonamides is 1. The molecule has 0 saturated carbocycles. The molecule has 1 saturated heterocycles. The lowest BCUT2D eigenvalue weighted by atomic mass is 10.1. The zero-order chi connectivity index (χ0) is 24.0. The number of piperazine rings is 1. The zero-order valence-electron chi connectivity index (χ0n) is 19.2. The van der Waals surface area contributed by atoms with Gasteiger partial charge in [0.05, 0.1) is 16.3 Å². The van der Waals surface area contributed by atoms with E-state index in [1.54, 1.807) is 23.5 Å². The van der Waals surface area contributed by atoms with Crippen LogP contribution in [0, 0.1) is 0 Å². The maximum Gasteiger partial charge on any atom is 0.255 e. The molecule has 180 valence electrons. The van der Waals surface area contributed by atoms with E-state index in [1.807, 2.05) is 41.8 Å². The summed E-state index contributed by atoms with van der Waals surface area (Å²) in [6.07, 6.45) is 0.643. The predicted octanol–water partition coefficient (Wildman–Crippen LogP) is 3.66. The van der Waals surface area contributed by atoms with Gasteiger partial charge in [0.15, 0.2) is 0 Å². The van der Waals surface area contributed by atoms with E-state index >= 15 is 0 Å². The number of nitrogens with one attached hydrogen (secondary N) is 2. The van der Waals surface area contributed by atoms with Crippen molar-refractivity contribution in [3.8, 4) is 0 Å². The van der Waals surface area contributed by atoms with Gasteiger partial charge in [-0.05, 0) is 60.8 Å². The van der Waals surface area contributed by atoms with E-state index in [4.69, 9.17) is 0 Å². The summed E-state index contributed by atoms with van der Waals surface area (Å²) in [7, 11) is -3.63. The van der Waals surface area contributed by atoms with Crippen molar-refractivity contribution >= 4 is 38.6 Å². The number of anilines is 2. The summed E-state index contributed by atoms with van der Waals surface area (Å²) >= 11 is 1.60. The molecule has 0 unspecified atom stereocenters. The highest BCUT2D eigenvalue weighted by molar-refractivity contribution is 7.89. The van der Waals surface area contributed by atoms with Gasteiger partial charge in [-0.15, -0.1) is 11.3 Å². The molecule has 0 aliphatic carbocycles. The number of carbonyl (C=O) groups excluding carboxylic acids is 1. The number of likely N-dealkylation sites (N-methyl/N-ethyl adjacent to an activating group) is 1. The van der Waals surface area contributed by atoms with Gasteiger partial charge >= 0.3 is 0 Å². The van der Waals surface area contributed by atoms with Crippen LogP contribution in [0.1, 0.15) is 22.2 Å². The number of hydrogen-bond donors (Lipinski definition) is 2. The second kappa shape index (κ2) is 11.1. The predicted molar refractivity (Wildman–Crippen MR) is 138 cm³/mol. The second-order valence-electron chi connectivity index (χ2n) is 8.14. The Morgan fingerprint density at radius 2 is 1.71 bits per heavy atom. The molecule has 0 atom stereocenters. The summed E-state index contributed by atoms with van der Waals surface area (Å²) < 4.78 is 27.8. The van der Waals surface area contributed by atoms with Crippen molar-refractivity contribution in [3.63, 3.8) is 0 Å². The number of amides is 1. The summed E-state index contributed by atoms with van der Waals surface area (Å²) in [5, 5.41) is 4.97. The molecule has 1 aliphatic rings. The number of thiophene rings is 1. The minimum absolute atomic E-state index is 0.143. The number of benzene rings is 2. The van der Waals surface area contributed by atoms with E-state index in [1.165, 1.54) is 12.1 Å². The normalized spacial score (nSPS) is 14.8. The molecule has 1 amide bonds. The van der Waals surface area contributed by atoms with E-state index in [2.05, 4.69) is 26.8 Å². The molecule has 9 heteroatoms. The van der Waals surface area contributed by atoms with Crippen molar-refractivity contribution in [1.29, 1.82) is 0 Å². The Kier molecular flexibility index (Phi) is 7.99. The lowest BCUT2D eigenvalue weighted by molar-refractivity contribution is 0.102. The molecule has 2 aromatic carbocycles. The van der Waals surface area contributed by atoms with Gasteiger partial charge in [0.1, 0.15) is 0 Å². The van der Waals surface area contributed by atoms with Crippen LogP contribution in [0.25, 0.3) is 0 Å². The van der Waals surface area contributed by atoms with Gasteiger partial charge in [0, 0.05) is 43.2 Å². The van der Waals surface area contributed by atoms with Gasteiger partial charge in [-0.25, -0.2) is 13.1 Å². The molecular weight excluding hydrogens is 468 g/mol. The van der Waals surface area contributed by atoms with Crippen molar-refractivity contribution in [2.24, 2.45) is 0 Å². The van der Waals surface area contributed by atoms with E-state index in [0.29, 0.717) is 18.5 Å². The van der Waals surface area contributed by atoms with E-state index < -0.39 is 10.0 Å². The molecule has 7 nitrogen and oxygen atoms in total. The van der Waals surface area contributed by atoms with Crippen molar-refractivity contribution in [1.82, 2.24) is 9.62 Å². The Morgan fingerprint density at radius 1 is 0.971 bits per heavy atom. The van der Waals surface area contributed by atoms with E-state index in [9.17, 15) is 13.2 Å². The quantitative estimate of drug-likeness (QED) is 0.471. The van der Waals surface area contributed by atoms with Crippen molar-refractivity contribution in [3.05, 3.63) is 76.5 Å². The van der Waals surface area contributed by atoms with Gasteiger partial charge in [0.2, 0.25) is 10.0 Å². The second-order valence-corrected chi connectivity index (χ2v) is 10.9. The molecule has 2 heterocycles. The summed E-state index contributed by atoms with van der Waals surface area (Å²) in [6.45, 7) is 7.35. The minimum atomic E-state index is -3.63. The third kappa shape index (κ3) is 6.04. The molecule has 0 spiro atoms. The summed E-state index contributed by atoms with van der Waals surface area (Å²) in [5.41, 5.74) is 2.16. The number of rotatable bonds is 9. The molecule has 34 heavy (non-hydrogen) atoms. The van der Waals surface area contributed by atoms with Crippen LogP contribution in [0.3, 0.4) is 0 Å². The summed E-state index contributed by atoms with van der Waals surface area (Å²) in [4.78, 5) is 18.9. The molecule has 2 N–H and O–H groups in total. The Bertz CT molecular complexity index is 1190. The van der Waals surface area contributed by atoms with Gasteiger partial charge in [-0.2, -0.15) is 0 Å². The van der Waals surface area contributed by atoms with E-state index in [0.717, 1.165) is 49.0 Å². The summed E-state index contributed by atoms with van der Waals surface area (Å²) in [6, 6.07) is 17.8. The maximum absolute atomic E-state index is 12.9. The SMILES string of the molecule is CCN1CCN(c2ccccc2NC(=O)c2ccc(S(=O)(=O)NCCc3cccs3)cc2)CC1. The molecule has 1 aromatic heterocycles. The lowest BCUT2D eigenvalue weighted by Crippen LogP contribution is -2.46. The fraction of sp³-hybridized carbons (Fsp3) is 0.320. The van der Waals surface area contributed by atoms with Crippen LogP contribution in [0.4, 0.5) is 11.4 Å². The smallest absolute Gasteiger partial charge is 0.255 e. The lowest BCUT2D eigenvalue weighted by Gasteiger charge is -2.36. The third-order valence-corrected chi connectivity index (χ3v) is 8.40. The molecule has 4 rings (SSSR count). The average Bonchev–Trinajstić information content (AvgIpc) is 3.38. The average molecular weight is 499 g/mol. The Morgan fingerprint density at radius 3 is 2.38 bits per heavy atom. The number of carbonyl (C=O) groups is 1. The first kappa shape index (κ1) is 24.4. The fourth-order valence-electron chi connectivity index (χ4n) is 3.99. The maximum atomic E-state index is 12.9. The van der Waals surface area contributed by atoms with E-state index in [-0.39, 0.29) is 10.8 Å². The largest absolute Gasteiger partial charge is 0.367 e. The Balaban J connectivity index is 1.39. The Hall–Kier alpha value is -2.72. The van der Waals surface area contributed by atoms with Crippen molar-refractivity contribution in [2.75, 3.05) is 49.5 Å². The molecule has 0 bridgehead atoms. The van der Waals surface area contributed by atoms with Crippen LogP contribution in [0.5, 0.6) is 0 Å². The molecule has 1 fully saturated rings. The van der Waals surface area contributed by atoms with Crippen LogP contribution in [-0.4, -0.2) is 58.5 Å². The number of nitrogens with zero attached hydrogens (tertiary/aromatic N) is 2. The first-order valence-electron chi connectivity index (χ1n) is 11.5. The van der Waals surface area contributed by atoms with Crippen LogP contribution < -0.4 is 14.9 Å². The highest BCUT2D eigenvalue weighted by Gasteiger charge is 2.20. The standard InChI is InChI=1S/C25H30N4O3S2/c1-2-28-15-17-29(18-16-28)24-8-4-3-7-23(24)27-25(30)20-9-11-22(12-10-20)34(31,32)26-14-13-21-6-5-19-33-21/h3-12,19,26H,2,13-18H2,1H3,(H,27,30). The number of para-hydroxylation sites is 2. The topological polar surface area (TPSA) is 81.8 Å². The van der Waals surface area contributed by atoms with Gasteiger partial charge in [0.25, 0.3) is 5.91 Å². The molecule has 3 aromatic rings. The van der Waals surface area contributed by atoms with Crippen molar-refractivity contribution < 1.29 is 13.2 Å². The number of hydrogen-bond acceptors (Lipinski definition) is 6. The van der Waals surface area contributed by atoms with Gasteiger partial charge < -0.3 is 15.1 Å². The van der Waals surface area contributed by atoms with Crippen LogP contribution in [0.15, 0.2) is 70.9 Å². The van der Waals surface area contributed by atoms with Crippen LogP contribution in [-0.2, 0) is 16.4 Å². The zero-order valence-corrected chi connectivity index (χ0v) is 20.9. The first-order chi connectivity index (χ1) is 16.5. The molecule has 0 radical (unpaired) electrons. The molecule has 1 aliphatic heterocycles. The van der Waals surface area contributed by atoms with Gasteiger partial charge in [-0.1, -0.05) is 25.1 Å². The highest BCUT2D eigenvalue weighted by Crippen LogP contribution is 2.27. The fourth-order valence-corrected chi connectivity index (χ4v) is 5.73. The monoisotopic (exact) mass is 498 g/mol. The van der Waals surface area contributed by atoms with Crippen LogP contribution >= 0.6 is 11.3 Å².